The molecular formula is C46H30N2S. The van der Waals surface area contributed by atoms with Gasteiger partial charge in [0.25, 0.3) is 0 Å². The lowest BCUT2D eigenvalue weighted by Crippen LogP contribution is -1.94. The van der Waals surface area contributed by atoms with E-state index in [1.165, 1.54) is 80.7 Å². The molecule has 0 fully saturated rings. The molecule has 0 radical (unpaired) electrons. The normalized spacial score (nSPS) is 11.7. The van der Waals surface area contributed by atoms with Crippen LogP contribution in [0.2, 0.25) is 0 Å². The van der Waals surface area contributed by atoms with Crippen molar-refractivity contribution >= 4 is 75.5 Å². The van der Waals surface area contributed by atoms with Crippen molar-refractivity contribution in [2.75, 3.05) is 5.32 Å². The molecule has 1 N–H and O–H groups in total. The summed E-state index contributed by atoms with van der Waals surface area (Å²) in [7, 11) is 0. The molecule has 0 spiro atoms. The third kappa shape index (κ3) is 4.62. The fourth-order valence-electron chi connectivity index (χ4n) is 7.47. The van der Waals surface area contributed by atoms with Crippen molar-refractivity contribution in [2.45, 2.75) is 0 Å². The maximum absolute atomic E-state index is 3.63. The summed E-state index contributed by atoms with van der Waals surface area (Å²) >= 11 is 1.88. The van der Waals surface area contributed by atoms with Gasteiger partial charge in [-0.2, -0.15) is 0 Å². The van der Waals surface area contributed by atoms with Gasteiger partial charge >= 0.3 is 0 Å². The largest absolute Gasteiger partial charge is 0.355 e. The summed E-state index contributed by atoms with van der Waals surface area (Å²) in [5.74, 6) is 0. The van der Waals surface area contributed by atoms with Crippen LogP contribution in [0.5, 0.6) is 0 Å². The fraction of sp³-hybridized carbons (Fsp3) is 0. The van der Waals surface area contributed by atoms with Crippen molar-refractivity contribution < 1.29 is 0 Å². The molecule has 0 saturated carbocycles. The lowest BCUT2D eigenvalue weighted by Gasteiger charge is -2.14. The summed E-state index contributed by atoms with van der Waals surface area (Å²) in [4.78, 5) is 0. The Bertz CT molecular complexity index is 2860. The van der Waals surface area contributed by atoms with Crippen LogP contribution in [-0.4, -0.2) is 4.57 Å². The van der Waals surface area contributed by atoms with Gasteiger partial charge < -0.3 is 9.88 Å². The van der Waals surface area contributed by atoms with E-state index in [9.17, 15) is 0 Å². The van der Waals surface area contributed by atoms with Crippen LogP contribution < -0.4 is 5.32 Å². The second kappa shape index (κ2) is 11.2. The SMILES string of the molecule is c1ccc(Nc2ccccc2-c2cccc(-c3ccc4c(c3)c3ccc5sc6ccccc6c5c3n4-c3ccc4ccccc4c3)c2)cc1. The highest BCUT2D eigenvalue weighted by Crippen LogP contribution is 2.44. The topological polar surface area (TPSA) is 17.0 Å². The molecule has 8 aromatic carbocycles. The zero-order chi connectivity index (χ0) is 32.3. The van der Waals surface area contributed by atoms with Crippen molar-refractivity contribution in [1.29, 1.82) is 0 Å². The van der Waals surface area contributed by atoms with Gasteiger partial charge in [-0.05, 0) is 88.1 Å². The molecule has 3 heteroatoms. The Kier molecular flexibility index (Phi) is 6.39. The number of thiophene rings is 1. The second-order valence-electron chi connectivity index (χ2n) is 12.6. The first-order chi connectivity index (χ1) is 24.3. The van der Waals surface area contributed by atoms with Gasteiger partial charge in [-0.15, -0.1) is 11.3 Å². The predicted molar refractivity (Wildman–Crippen MR) is 212 cm³/mol. The molecule has 0 aliphatic rings. The van der Waals surface area contributed by atoms with Gasteiger partial charge in [-0.1, -0.05) is 115 Å². The minimum Gasteiger partial charge on any atom is -0.355 e. The molecule has 2 heterocycles. The number of hydrogen-bond donors (Lipinski definition) is 1. The van der Waals surface area contributed by atoms with Crippen LogP contribution in [0.3, 0.4) is 0 Å². The predicted octanol–water partition coefficient (Wildman–Crippen LogP) is 13.4. The number of aromatic nitrogens is 1. The van der Waals surface area contributed by atoms with Crippen molar-refractivity contribution in [3.8, 4) is 27.9 Å². The van der Waals surface area contributed by atoms with Crippen molar-refractivity contribution in [1.82, 2.24) is 4.57 Å². The van der Waals surface area contributed by atoms with Crippen LogP contribution >= 0.6 is 11.3 Å². The summed E-state index contributed by atoms with van der Waals surface area (Å²) in [6.07, 6.45) is 0. The Labute approximate surface area is 288 Å². The minimum atomic E-state index is 1.08. The van der Waals surface area contributed by atoms with E-state index in [0.29, 0.717) is 0 Å². The third-order valence-electron chi connectivity index (χ3n) is 9.75. The molecule has 230 valence electrons. The van der Waals surface area contributed by atoms with E-state index in [4.69, 9.17) is 0 Å². The summed E-state index contributed by atoms with van der Waals surface area (Å²) in [5, 5.41) is 11.3. The summed E-state index contributed by atoms with van der Waals surface area (Å²) in [6.45, 7) is 0. The lowest BCUT2D eigenvalue weighted by atomic mass is 9.97. The van der Waals surface area contributed by atoms with E-state index < -0.39 is 0 Å². The average molecular weight is 643 g/mol. The van der Waals surface area contributed by atoms with E-state index >= 15 is 0 Å². The Morgan fingerprint density at radius 2 is 1.22 bits per heavy atom. The highest BCUT2D eigenvalue weighted by molar-refractivity contribution is 7.26. The molecule has 10 aromatic rings. The van der Waals surface area contributed by atoms with Gasteiger partial charge in [0.1, 0.15) is 0 Å². The van der Waals surface area contributed by atoms with Gasteiger partial charge in [0.15, 0.2) is 0 Å². The number of hydrogen-bond acceptors (Lipinski definition) is 2. The Morgan fingerprint density at radius 3 is 2.16 bits per heavy atom. The van der Waals surface area contributed by atoms with E-state index in [1.807, 2.05) is 17.4 Å². The molecule has 2 nitrogen and oxygen atoms in total. The molecule has 2 aromatic heterocycles. The number of anilines is 2. The van der Waals surface area contributed by atoms with Gasteiger partial charge in [0, 0.05) is 53.6 Å². The van der Waals surface area contributed by atoms with Crippen molar-refractivity contribution in [3.63, 3.8) is 0 Å². The Balaban J connectivity index is 1.18. The van der Waals surface area contributed by atoms with E-state index in [-0.39, 0.29) is 0 Å². The molecule has 0 aliphatic heterocycles. The number of para-hydroxylation sites is 2. The average Bonchev–Trinajstić information content (AvgIpc) is 3.71. The zero-order valence-corrected chi connectivity index (χ0v) is 27.4. The van der Waals surface area contributed by atoms with Gasteiger partial charge in [0.05, 0.1) is 11.0 Å². The zero-order valence-electron chi connectivity index (χ0n) is 26.6. The maximum Gasteiger partial charge on any atom is 0.0634 e. The van der Waals surface area contributed by atoms with Crippen LogP contribution in [-0.2, 0) is 0 Å². The maximum atomic E-state index is 3.63. The summed E-state index contributed by atoms with van der Waals surface area (Å²) < 4.78 is 5.12. The van der Waals surface area contributed by atoms with Crippen LogP contribution in [0.15, 0.2) is 176 Å². The number of nitrogens with one attached hydrogen (secondary N) is 1. The summed E-state index contributed by atoms with van der Waals surface area (Å²) in [6, 6.07) is 63.8. The quantitative estimate of drug-likeness (QED) is 0.198. The van der Waals surface area contributed by atoms with Crippen LogP contribution in [0, 0.1) is 0 Å². The molecular weight excluding hydrogens is 613 g/mol. The first-order valence-corrected chi connectivity index (χ1v) is 17.5. The first kappa shape index (κ1) is 27.9. The highest BCUT2D eigenvalue weighted by atomic mass is 32.1. The monoisotopic (exact) mass is 642 g/mol. The fourth-order valence-corrected chi connectivity index (χ4v) is 8.57. The molecule has 49 heavy (non-hydrogen) atoms. The third-order valence-corrected chi connectivity index (χ3v) is 10.9. The minimum absolute atomic E-state index is 1.08. The van der Waals surface area contributed by atoms with E-state index in [2.05, 4.69) is 180 Å². The molecule has 10 rings (SSSR count). The Hall–Kier alpha value is -6.16. The standard InChI is InChI=1S/C46H30N2S/c1-2-15-35(16-3-1)47-41-19-8-6-17-37(41)34-14-10-13-31(27-34)33-22-25-42-40(29-33)38-24-26-44-45(39-18-7-9-20-43(39)49-44)46(38)48(42)36-23-21-30-11-4-5-12-32(30)28-36/h1-29,47H. The van der Waals surface area contributed by atoms with Crippen LogP contribution in [0.25, 0.3) is 80.7 Å². The van der Waals surface area contributed by atoms with Gasteiger partial charge in [0.2, 0.25) is 0 Å². The highest BCUT2D eigenvalue weighted by Gasteiger charge is 2.19. The number of rotatable bonds is 5. The van der Waals surface area contributed by atoms with Gasteiger partial charge in [-0.3, -0.25) is 0 Å². The smallest absolute Gasteiger partial charge is 0.0634 e. The number of benzene rings is 8. The van der Waals surface area contributed by atoms with Crippen LogP contribution in [0.1, 0.15) is 0 Å². The summed E-state index contributed by atoms with van der Waals surface area (Å²) in [5.41, 5.74) is 10.6. The van der Waals surface area contributed by atoms with E-state index in [0.717, 1.165) is 11.4 Å². The van der Waals surface area contributed by atoms with E-state index in [1.54, 1.807) is 0 Å². The molecule has 0 bridgehead atoms. The second-order valence-corrected chi connectivity index (χ2v) is 13.7. The number of nitrogens with zero attached hydrogens (tertiary/aromatic N) is 1. The number of fused-ring (bicyclic) bond motifs is 8. The molecule has 0 unspecified atom stereocenters. The van der Waals surface area contributed by atoms with Crippen LogP contribution in [0.4, 0.5) is 11.4 Å². The first-order valence-electron chi connectivity index (χ1n) is 16.7. The molecule has 0 atom stereocenters. The van der Waals surface area contributed by atoms with Crippen molar-refractivity contribution in [2.24, 2.45) is 0 Å². The molecule has 0 amide bonds. The van der Waals surface area contributed by atoms with Gasteiger partial charge in [-0.25, -0.2) is 0 Å². The van der Waals surface area contributed by atoms with Crippen molar-refractivity contribution in [3.05, 3.63) is 176 Å². The molecule has 0 aliphatic carbocycles. The lowest BCUT2D eigenvalue weighted by molar-refractivity contribution is 1.19. The molecule has 0 saturated heterocycles. The Morgan fingerprint density at radius 1 is 0.449 bits per heavy atom.